The molecule has 2 N–H and O–H groups in total. The van der Waals surface area contributed by atoms with Gasteiger partial charge >= 0.3 is 0 Å². The number of alkyl halides is 1. The minimum Gasteiger partial charge on any atom is -0.353 e. The summed E-state index contributed by atoms with van der Waals surface area (Å²) in [6, 6.07) is 7.97. The summed E-state index contributed by atoms with van der Waals surface area (Å²) in [4.78, 5) is 30.2. The van der Waals surface area contributed by atoms with Gasteiger partial charge in [0.25, 0.3) is 5.91 Å². The van der Waals surface area contributed by atoms with Gasteiger partial charge in [0.15, 0.2) is 0 Å². The van der Waals surface area contributed by atoms with E-state index in [-0.39, 0.29) is 35.1 Å². The fraction of sp³-hybridized carbons (Fsp3) is 0.417. The average Bonchev–Trinajstić information content (AvgIpc) is 3.34. The number of carbonyl (C=O) groups excluding carboxylic acids is 2. The number of amides is 2. The summed E-state index contributed by atoms with van der Waals surface area (Å²) < 4.78 is 13.8. The van der Waals surface area contributed by atoms with Gasteiger partial charge < -0.3 is 10.6 Å². The summed E-state index contributed by atoms with van der Waals surface area (Å²) in [6.45, 7) is 2.62. The molecule has 190 valence electrons. The molecule has 1 aromatic carbocycles. The lowest BCUT2D eigenvalue weighted by Crippen LogP contribution is -2.38. The van der Waals surface area contributed by atoms with Crippen LogP contribution in [0.2, 0.25) is 5.02 Å². The number of aryl methyl sites for hydroxylation is 1. The SMILES string of the molecule is Cc1cc(-c2nnn(C[C@H]3CC[C@H](NC(=O)CI)CC3)n2)cc(C(=O)NCc2ccc(F)c(Cl)c2)n1. The van der Waals surface area contributed by atoms with Crippen LogP contribution in [0.15, 0.2) is 30.3 Å². The molecule has 36 heavy (non-hydrogen) atoms. The summed E-state index contributed by atoms with van der Waals surface area (Å²) in [5, 5.41) is 18.8. The minimum atomic E-state index is -0.509. The molecule has 0 spiro atoms. The normalized spacial score (nSPS) is 17.6. The molecule has 1 aliphatic carbocycles. The Balaban J connectivity index is 1.36. The molecule has 3 aromatic rings. The molecule has 0 radical (unpaired) electrons. The molecule has 9 nitrogen and oxygen atoms in total. The van der Waals surface area contributed by atoms with Gasteiger partial charge in [0.2, 0.25) is 11.7 Å². The first kappa shape index (κ1) is 26.4. The number of hydrogen-bond acceptors (Lipinski definition) is 6. The highest BCUT2D eigenvalue weighted by atomic mass is 127. The maximum Gasteiger partial charge on any atom is 0.270 e. The van der Waals surface area contributed by atoms with Crippen molar-refractivity contribution in [3.63, 3.8) is 0 Å². The lowest BCUT2D eigenvalue weighted by molar-refractivity contribution is -0.119. The average molecular weight is 626 g/mol. The predicted octanol–water partition coefficient (Wildman–Crippen LogP) is 3.88. The first-order valence-corrected chi connectivity index (χ1v) is 13.6. The van der Waals surface area contributed by atoms with Crippen LogP contribution in [0.1, 0.15) is 47.4 Å². The summed E-state index contributed by atoms with van der Waals surface area (Å²) in [5.41, 5.74) is 2.19. The standard InChI is InChI=1S/C24H26ClFIN7O2/c1-14-8-17(10-21(29-14)24(36)28-12-16-4-7-20(26)19(25)9-16)23-31-33-34(32-23)13-15-2-5-18(6-3-15)30-22(35)11-27/h4,7-10,15,18H,2-3,5-6,11-13H2,1H3,(H,28,36)(H,30,35)/t15-,18-. The van der Waals surface area contributed by atoms with Crippen LogP contribution in [0.4, 0.5) is 4.39 Å². The highest BCUT2D eigenvalue weighted by Gasteiger charge is 2.23. The molecule has 2 amide bonds. The van der Waals surface area contributed by atoms with Crippen molar-refractivity contribution < 1.29 is 14.0 Å². The van der Waals surface area contributed by atoms with Crippen molar-refractivity contribution in [2.75, 3.05) is 4.43 Å². The minimum absolute atomic E-state index is 0.00267. The molecule has 0 saturated heterocycles. The molecule has 0 atom stereocenters. The van der Waals surface area contributed by atoms with Crippen LogP contribution >= 0.6 is 34.2 Å². The number of hydrogen-bond donors (Lipinski definition) is 2. The van der Waals surface area contributed by atoms with Crippen molar-refractivity contribution >= 4 is 46.0 Å². The van der Waals surface area contributed by atoms with Gasteiger partial charge in [0, 0.05) is 23.8 Å². The molecular weight excluding hydrogens is 600 g/mol. The Morgan fingerprint density at radius 3 is 2.69 bits per heavy atom. The third-order valence-corrected chi connectivity index (χ3v) is 7.07. The Bertz CT molecular complexity index is 1250. The van der Waals surface area contributed by atoms with E-state index in [9.17, 15) is 14.0 Å². The molecular formula is C24H26ClFIN7O2. The lowest BCUT2D eigenvalue weighted by Gasteiger charge is -2.28. The van der Waals surface area contributed by atoms with Crippen LogP contribution in [-0.4, -0.2) is 47.5 Å². The van der Waals surface area contributed by atoms with E-state index in [0.717, 1.165) is 25.7 Å². The van der Waals surface area contributed by atoms with Crippen molar-refractivity contribution in [1.29, 1.82) is 0 Å². The monoisotopic (exact) mass is 625 g/mol. The topological polar surface area (TPSA) is 115 Å². The van der Waals surface area contributed by atoms with E-state index in [1.54, 1.807) is 29.9 Å². The first-order chi connectivity index (χ1) is 17.3. The van der Waals surface area contributed by atoms with Gasteiger partial charge in [-0.05, 0) is 73.6 Å². The fourth-order valence-corrected chi connectivity index (χ4v) is 4.68. The second kappa shape index (κ2) is 12.0. The van der Waals surface area contributed by atoms with E-state index in [1.807, 2.05) is 0 Å². The quantitative estimate of drug-likeness (QED) is 0.290. The van der Waals surface area contributed by atoms with E-state index in [2.05, 4.69) is 53.6 Å². The van der Waals surface area contributed by atoms with Crippen molar-refractivity contribution in [2.45, 2.75) is 51.7 Å². The smallest absolute Gasteiger partial charge is 0.270 e. The van der Waals surface area contributed by atoms with E-state index in [0.29, 0.717) is 39.5 Å². The van der Waals surface area contributed by atoms with Crippen LogP contribution in [0.3, 0.4) is 0 Å². The van der Waals surface area contributed by atoms with Gasteiger partial charge in [-0.15, -0.1) is 10.2 Å². The van der Waals surface area contributed by atoms with Crippen molar-refractivity contribution in [2.24, 2.45) is 5.92 Å². The predicted molar refractivity (Wildman–Crippen MR) is 141 cm³/mol. The summed E-state index contributed by atoms with van der Waals surface area (Å²) in [5.74, 6) is 0.0368. The summed E-state index contributed by atoms with van der Waals surface area (Å²) in [6.07, 6.45) is 3.86. The number of aromatic nitrogens is 5. The van der Waals surface area contributed by atoms with Crippen LogP contribution in [0.25, 0.3) is 11.4 Å². The number of tetrazole rings is 1. The lowest BCUT2D eigenvalue weighted by atomic mass is 9.86. The molecule has 1 aliphatic rings. The fourth-order valence-electron chi connectivity index (χ4n) is 4.26. The third kappa shape index (κ3) is 6.96. The zero-order valence-electron chi connectivity index (χ0n) is 19.7. The maximum atomic E-state index is 13.4. The number of pyridine rings is 1. The Morgan fingerprint density at radius 2 is 1.97 bits per heavy atom. The van der Waals surface area contributed by atoms with Gasteiger partial charge in [0.05, 0.1) is 16.0 Å². The number of rotatable bonds is 8. The number of halogens is 3. The van der Waals surface area contributed by atoms with Crippen LogP contribution in [0.5, 0.6) is 0 Å². The van der Waals surface area contributed by atoms with Gasteiger partial charge in [-0.2, -0.15) is 4.80 Å². The maximum absolute atomic E-state index is 13.4. The number of benzene rings is 1. The summed E-state index contributed by atoms with van der Waals surface area (Å²) >= 11 is 7.88. The number of nitrogens with zero attached hydrogens (tertiary/aromatic N) is 5. The molecule has 1 saturated carbocycles. The molecule has 4 rings (SSSR count). The second-order valence-corrected chi connectivity index (χ2v) is 10.1. The van der Waals surface area contributed by atoms with Crippen molar-refractivity contribution in [3.05, 3.63) is 58.1 Å². The van der Waals surface area contributed by atoms with Crippen molar-refractivity contribution in [3.8, 4) is 11.4 Å². The van der Waals surface area contributed by atoms with Crippen LogP contribution in [-0.2, 0) is 17.9 Å². The highest BCUT2D eigenvalue weighted by Crippen LogP contribution is 2.26. The first-order valence-electron chi connectivity index (χ1n) is 11.6. The van der Waals surface area contributed by atoms with E-state index >= 15 is 0 Å². The molecule has 12 heteroatoms. The number of nitrogens with one attached hydrogen (secondary N) is 2. The van der Waals surface area contributed by atoms with Gasteiger partial charge in [0.1, 0.15) is 11.5 Å². The molecule has 0 bridgehead atoms. The number of carbonyl (C=O) groups is 2. The largest absolute Gasteiger partial charge is 0.353 e. The molecule has 0 aliphatic heterocycles. The van der Waals surface area contributed by atoms with Crippen LogP contribution < -0.4 is 10.6 Å². The van der Waals surface area contributed by atoms with E-state index in [1.165, 1.54) is 12.1 Å². The van der Waals surface area contributed by atoms with Crippen molar-refractivity contribution in [1.82, 2.24) is 35.8 Å². The van der Waals surface area contributed by atoms with Gasteiger partial charge in [-0.1, -0.05) is 40.3 Å². The second-order valence-electron chi connectivity index (χ2n) is 8.90. The van der Waals surface area contributed by atoms with E-state index < -0.39 is 5.82 Å². The zero-order valence-corrected chi connectivity index (χ0v) is 22.6. The molecule has 1 fully saturated rings. The third-order valence-electron chi connectivity index (χ3n) is 6.09. The Morgan fingerprint density at radius 1 is 1.19 bits per heavy atom. The highest BCUT2D eigenvalue weighted by molar-refractivity contribution is 14.1. The summed E-state index contributed by atoms with van der Waals surface area (Å²) in [7, 11) is 0. The Labute approximate surface area is 226 Å². The Kier molecular flexibility index (Phi) is 8.83. The van der Waals surface area contributed by atoms with Crippen LogP contribution in [0, 0.1) is 18.7 Å². The zero-order chi connectivity index (χ0) is 25.7. The van der Waals surface area contributed by atoms with Gasteiger partial charge in [-0.25, -0.2) is 9.37 Å². The van der Waals surface area contributed by atoms with E-state index in [4.69, 9.17) is 11.6 Å². The molecule has 2 heterocycles. The van der Waals surface area contributed by atoms with Gasteiger partial charge in [-0.3, -0.25) is 9.59 Å². The molecule has 0 unspecified atom stereocenters. The molecule has 2 aromatic heterocycles. The Hall–Kier alpha value is -2.67.